The molecule has 0 aliphatic carbocycles. The van der Waals surface area contributed by atoms with Crippen molar-refractivity contribution in [3.05, 3.63) is 36.0 Å². The summed E-state index contributed by atoms with van der Waals surface area (Å²) >= 11 is 0. The predicted molar refractivity (Wildman–Crippen MR) is 86.2 cm³/mol. The maximum absolute atomic E-state index is 12.1. The van der Waals surface area contributed by atoms with E-state index >= 15 is 0 Å². The monoisotopic (exact) mass is 285 g/mol. The summed E-state index contributed by atoms with van der Waals surface area (Å²) in [4.78, 5) is 12.1. The zero-order valence-corrected chi connectivity index (χ0v) is 13.0. The lowest BCUT2D eigenvalue weighted by Crippen LogP contribution is -2.14. The Hall–Kier alpha value is -2.10. The molecule has 0 saturated carbocycles. The van der Waals surface area contributed by atoms with Gasteiger partial charge in [0.25, 0.3) is 0 Å². The molecular weight excluding hydrogens is 262 g/mol. The van der Waals surface area contributed by atoms with Crippen LogP contribution in [0.25, 0.3) is 11.1 Å². The fourth-order valence-electron chi connectivity index (χ4n) is 2.48. The van der Waals surface area contributed by atoms with Crippen molar-refractivity contribution in [1.82, 2.24) is 9.78 Å². The minimum absolute atomic E-state index is 0.0589. The summed E-state index contributed by atoms with van der Waals surface area (Å²) in [7, 11) is 1.86. The van der Waals surface area contributed by atoms with Crippen LogP contribution < -0.4 is 5.32 Å². The Morgan fingerprint density at radius 3 is 2.62 bits per heavy atom. The largest absolute Gasteiger partial charge is 0.310 e. The molecule has 0 bridgehead atoms. The standard InChI is InChI=1S/C17H23N3O/c1-4-5-7-12-15(21)18-17-16(13(2)19-20(17)3)14-10-8-6-9-11-14/h6,8-11H,4-5,7,12H2,1-3H3,(H,18,21). The van der Waals surface area contributed by atoms with Crippen molar-refractivity contribution in [2.45, 2.75) is 39.5 Å². The van der Waals surface area contributed by atoms with Crippen LogP contribution in [-0.4, -0.2) is 15.7 Å². The van der Waals surface area contributed by atoms with E-state index in [9.17, 15) is 4.79 Å². The number of amides is 1. The molecule has 0 fully saturated rings. The van der Waals surface area contributed by atoms with E-state index in [-0.39, 0.29) is 5.91 Å². The molecule has 1 N–H and O–H groups in total. The Kier molecular flexibility index (Phi) is 5.14. The second kappa shape index (κ2) is 7.07. The highest BCUT2D eigenvalue weighted by molar-refractivity contribution is 5.94. The van der Waals surface area contributed by atoms with E-state index in [0.29, 0.717) is 6.42 Å². The first-order valence-electron chi connectivity index (χ1n) is 7.52. The van der Waals surface area contributed by atoms with Gasteiger partial charge in [0.15, 0.2) is 0 Å². The van der Waals surface area contributed by atoms with E-state index in [1.165, 1.54) is 0 Å². The first kappa shape index (κ1) is 15.3. The van der Waals surface area contributed by atoms with Gasteiger partial charge < -0.3 is 5.32 Å². The van der Waals surface area contributed by atoms with Gasteiger partial charge in [-0.25, -0.2) is 0 Å². The predicted octanol–water partition coefficient (Wildman–Crippen LogP) is 3.91. The molecule has 21 heavy (non-hydrogen) atoms. The first-order valence-corrected chi connectivity index (χ1v) is 7.52. The molecule has 0 saturated heterocycles. The van der Waals surface area contributed by atoms with E-state index < -0.39 is 0 Å². The number of aryl methyl sites for hydroxylation is 2. The molecular formula is C17H23N3O. The van der Waals surface area contributed by atoms with E-state index in [1.807, 2.05) is 44.3 Å². The molecule has 2 rings (SSSR count). The van der Waals surface area contributed by atoms with Crippen LogP contribution >= 0.6 is 0 Å². The Morgan fingerprint density at radius 1 is 1.24 bits per heavy atom. The zero-order valence-electron chi connectivity index (χ0n) is 13.0. The third-order valence-electron chi connectivity index (χ3n) is 3.55. The van der Waals surface area contributed by atoms with Gasteiger partial charge in [0, 0.05) is 19.0 Å². The highest BCUT2D eigenvalue weighted by atomic mass is 16.1. The molecule has 1 aromatic carbocycles. The fraction of sp³-hybridized carbons (Fsp3) is 0.412. The highest BCUT2D eigenvalue weighted by Gasteiger charge is 2.16. The highest BCUT2D eigenvalue weighted by Crippen LogP contribution is 2.30. The van der Waals surface area contributed by atoms with Gasteiger partial charge in [-0.2, -0.15) is 5.10 Å². The SMILES string of the molecule is CCCCCC(=O)Nc1c(-c2ccccc2)c(C)nn1C. The number of anilines is 1. The van der Waals surface area contributed by atoms with Crippen LogP contribution in [0.1, 0.15) is 38.3 Å². The summed E-state index contributed by atoms with van der Waals surface area (Å²) in [6.45, 7) is 4.10. The number of aromatic nitrogens is 2. The molecule has 2 aromatic rings. The number of nitrogens with zero attached hydrogens (tertiary/aromatic N) is 2. The molecule has 1 amide bonds. The van der Waals surface area contributed by atoms with Crippen LogP contribution in [0.3, 0.4) is 0 Å². The Labute approximate surface area is 126 Å². The van der Waals surface area contributed by atoms with Crippen molar-refractivity contribution in [2.75, 3.05) is 5.32 Å². The number of carbonyl (C=O) groups excluding carboxylic acids is 1. The maximum atomic E-state index is 12.1. The summed E-state index contributed by atoms with van der Waals surface area (Å²) in [5, 5.41) is 7.46. The molecule has 0 spiro atoms. The van der Waals surface area contributed by atoms with Crippen LogP contribution in [0.5, 0.6) is 0 Å². The van der Waals surface area contributed by atoms with Crippen LogP contribution in [0.4, 0.5) is 5.82 Å². The summed E-state index contributed by atoms with van der Waals surface area (Å²) in [6, 6.07) is 10.1. The van der Waals surface area contributed by atoms with Crippen molar-refractivity contribution >= 4 is 11.7 Å². The topological polar surface area (TPSA) is 46.9 Å². The van der Waals surface area contributed by atoms with E-state index in [1.54, 1.807) is 4.68 Å². The average molecular weight is 285 g/mol. The molecule has 0 unspecified atom stereocenters. The lowest BCUT2D eigenvalue weighted by molar-refractivity contribution is -0.116. The van der Waals surface area contributed by atoms with Gasteiger partial charge >= 0.3 is 0 Å². The Morgan fingerprint density at radius 2 is 1.95 bits per heavy atom. The molecule has 1 aromatic heterocycles. The van der Waals surface area contributed by atoms with Gasteiger partial charge in [-0.1, -0.05) is 50.1 Å². The summed E-state index contributed by atoms with van der Waals surface area (Å²) in [6.07, 6.45) is 3.70. The smallest absolute Gasteiger partial charge is 0.225 e. The summed E-state index contributed by atoms with van der Waals surface area (Å²) in [5.74, 6) is 0.837. The number of benzene rings is 1. The van der Waals surface area contributed by atoms with Gasteiger partial charge in [-0.05, 0) is 18.9 Å². The van der Waals surface area contributed by atoms with Crippen molar-refractivity contribution in [3.63, 3.8) is 0 Å². The van der Waals surface area contributed by atoms with Crippen molar-refractivity contribution in [1.29, 1.82) is 0 Å². The van der Waals surface area contributed by atoms with E-state index in [4.69, 9.17) is 0 Å². The number of carbonyl (C=O) groups is 1. The number of hydrogen-bond acceptors (Lipinski definition) is 2. The third kappa shape index (κ3) is 3.72. The van der Waals surface area contributed by atoms with Gasteiger partial charge in [0.2, 0.25) is 5.91 Å². The zero-order chi connectivity index (χ0) is 15.2. The van der Waals surface area contributed by atoms with Gasteiger partial charge in [-0.15, -0.1) is 0 Å². The van der Waals surface area contributed by atoms with Gasteiger partial charge in [0.1, 0.15) is 5.82 Å². The van der Waals surface area contributed by atoms with Gasteiger partial charge in [0.05, 0.1) is 5.69 Å². The normalized spacial score (nSPS) is 10.6. The summed E-state index contributed by atoms with van der Waals surface area (Å²) < 4.78 is 1.75. The number of rotatable bonds is 6. The maximum Gasteiger partial charge on any atom is 0.225 e. The van der Waals surface area contributed by atoms with E-state index in [2.05, 4.69) is 17.3 Å². The molecule has 4 heteroatoms. The fourth-order valence-corrected chi connectivity index (χ4v) is 2.48. The second-order valence-electron chi connectivity index (χ2n) is 5.30. The molecule has 1 heterocycles. The van der Waals surface area contributed by atoms with Crippen molar-refractivity contribution in [2.24, 2.45) is 7.05 Å². The average Bonchev–Trinajstić information content (AvgIpc) is 2.74. The summed E-state index contributed by atoms with van der Waals surface area (Å²) in [5.41, 5.74) is 3.00. The number of unbranched alkanes of at least 4 members (excludes halogenated alkanes) is 2. The molecule has 0 aliphatic rings. The minimum atomic E-state index is 0.0589. The van der Waals surface area contributed by atoms with E-state index in [0.717, 1.165) is 41.9 Å². The van der Waals surface area contributed by atoms with Crippen LogP contribution in [0, 0.1) is 6.92 Å². The first-order chi connectivity index (χ1) is 10.1. The van der Waals surface area contributed by atoms with Crippen LogP contribution in [0.2, 0.25) is 0 Å². The molecule has 4 nitrogen and oxygen atoms in total. The molecule has 0 atom stereocenters. The molecule has 0 radical (unpaired) electrons. The molecule has 112 valence electrons. The third-order valence-corrected chi connectivity index (χ3v) is 3.55. The van der Waals surface area contributed by atoms with Gasteiger partial charge in [-0.3, -0.25) is 9.48 Å². The number of hydrogen-bond donors (Lipinski definition) is 1. The molecule has 0 aliphatic heterocycles. The van der Waals surface area contributed by atoms with Crippen LogP contribution in [-0.2, 0) is 11.8 Å². The van der Waals surface area contributed by atoms with Crippen molar-refractivity contribution < 1.29 is 4.79 Å². The Balaban J connectivity index is 2.22. The Bertz CT molecular complexity index is 602. The minimum Gasteiger partial charge on any atom is -0.310 e. The lowest BCUT2D eigenvalue weighted by Gasteiger charge is -2.09. The second-order valence-corrected chi connectivity index (χ2v) is 5.30. The lowest BCUT2D eigenvalue weighted by atomic mass is 10.1. The quantitative estimate of drug-likeness (QED) is 0.818. The number of nitrogens with one attached hydrogen (secondary N) is 1. The van der Waals surface area contributed by atoms with Crippen LogP contribution in [0.15, 0.2) is 30.3 Å². The van der Waals surface area contributed by atoms with Crippen molar-refractivity contribution in [3.8, 4) is 11.1 Å².